The van der Waals surface area contributed by atoms with Gasteiger partial charge in [0.2, 0.25) is 5.43 Å². The highest BCUT2D eigenvalue weighted by Crippen LogP contribution is 2.27. The van der Waals surface area contributed by atoms with E-state index in [2.05, 4.69) is 19.9 Å². The van der Waals surface area contributed by atoms with Crippen LogP contribution in [0.1, 0.15) is 45.1 Å². The molecule has 2 aromatic carbocycles. The number of methoxy groups -OCH3 is 1. The summed E-state index contributed by atoms with van der Waals surface area (Å²) in [5, 5.41) is 10.7. The van der Waals surface area contributed by atoms with E-state index < -0.39 is 0 Å². The highest BCUT2D eigenvalue weighted by atomic mass is 16.5. The molecule has 0 saturated heterocycles. The summed E-state index contributed by atoms with van der Waals surface area (Å²) in [7, 11) is 1.58. The molecule has 1 unspecified atom stereocenters. The molecule has 0 radical (unpaired) electrons. The topological polar surface area (TPSA) is 63.2 Å². The van der Waals surface area contributed by atoms with Crippen molar-refractivity contribution < 1.29 is 9.15 Å². The first-order valence-corrected chi connectivity index (χ1v) is 9.78. The van der Waals surface area contributed by atoms with Gasteiger partial charge in [0.1, 0.15) is 16.9 Å². The van der Waals surface area contributed by atoms with E-state index in [4.69, 9.17) is 9.15 Å². The van der Waals surface area contributed by atoms with E-state index in [1.165, 1.54) is 0 Å². The van der Waals surface area contributed by atoms with Gasteiger partial charge in [0, 0.05) is 6.07 Å². The maximum atomic E-state index is 13.0. The van der Waals surface area contributed by atoms with Crippen molar-refractivity contribution in [3.63, 3.8) is 0 Å². The van der Waals surface area contributed by atoms with Crippen LogP contribution in [0.4, 0.5) is 0 Å². The summed E-state index contributed by atoms with van der Waals surface area (Å²) < 4.78 is 11.1. The zero-order chi connectivity index (χ0) is 20.1. The molecule has 4 heteroatoms. The van der Waals surface area contributed by atoms with Crippen molar-refractivity contribution in [1.29, 1.82) is 5.26 Å². The third-order valence-electron chi connectivity index (χ3n) is 5.16. The van der Waals surface area contributed by atoms with Crippen LogP contribution in [0.15, 0.2) is 51.7 Å². The largest absolute Gasteiger partial charge is 0.497 e. The van der Waals surface area contributed by atoms with Gasteiger partial charge in [-0.3, -0.25) is 4.79 Å². The number of nitrogens with zero attached hydrogens (tertiary/aromatic N) is 1. The van der Waals surface area contributed by atoms with E-state index in [1.54, 1.807) is 37.4 Å². The highest BCUT2D eigenvalue weighted by Gasteiger charge is 2.12. The first-order chi connectivity index (χ1) is 13.6. The average Bonchev–Trinajstić information content (AvgIpc) is 2.73. The molecule has 3 aromatic rings. The molecule has 3 rings (SSSR count). The van der Waals surface area contributed by atoms with E-state index in [1.807, 2.05) is 12.1 Å². The average molecular weight is 375 g/mol. The summed E-state index contributed by atoms with van der Waals surface area (Å²) in [6, 6.07) is 12.9. The molecular weight excluding hydrogens is 350 g/mol. The van der Waals surface area contributed by atoms with Gasteiger partial charge in [-0.15, -0.1) is 0 Å². The number of hydrogen-bond donors (Lipinski definition) is 0. The van der Waals surface area contributed by atoms with Gasteiger partial charge >= 0.3 is 0 Å². The molecule has 0 fully saturated rings. The summed E-state index contributed by atoms with van der Waals surface area (Å²) in [5.41, 5.74) is 2.26. The van der Waals surface area contributed by atoms with Crippen molar-refractivity contribution in [2.45, 2.75) is 39.5 Å². The molecule has 0 spiro atoms. The minimum atomic E-state index is -0.101. The number of benzene rings is 2. The van der Waals surface area contributed by atoms with Gasteiger partial charge in [0.15, 0.2) is 0 Å². The predicted molar refractivity (Wildman–Crippen MR) is 113 cm³/mol. The van der Waals surface area contributed by atoms with Gasteiger partial charge in [0.25, 0.3) is 0 Å². The minimum absolute atomic E-state index is 0.101. The number of ether oxygens (including phenoxy) is 1. The number of rotatable bonds is 7. The Hall–Kier alpha value is -3.06. The lowest BCUT2D eigenvalue weighted by Crippen LogP contribution is -2.03. The van der Waals surface area contributed by atoms with Gasteiger partial charge in [0.05, 0.1) is 29.5 Å². The summed E-state index contributed by atoms with van der Waals surface area (Å²) in [6.45, 7) is 4.31. The lowest BCUT2D eigenvalue weighted by molar-refractivity contribution is 0.414. The van der Waals surface area contributed by atoms with Gasteiger partial charge < -0.3 is 9.15 Å². The maximum Gasteiger partial charge on any atom is 0.200 e. The Balaban J connectivity index is 2.10. The molecule has 0 N–H and O–H groups in total. The van der Waals surface area contributed by atoms with Gasteiger partial charge in [-0.2, -0.15) is 5.26 Å². The molecular formula is C24H25NO3. The van der Waals surface area contributed by atoms with Crippen LogP contribution in [-0.2, 0) is 0 Å². The van der Waals surface area contributed by atoms with Gasteiger partial charge in [-0.1, -0.05) is 32.8 Å². The zero-order valence-electron chi connectivity index (χ0n) is 16.6. The number of allylic oxidation sites excluding steroid dienone is 2. The molecule has 1 heterocycles. The molecule has 0 amide bonds. The molecule has 0 saturated carbocycles. The van der Waals surface area contributed by atoms with Gasteiger partial charge in [-0.05, 0) is 54.7 Å². The van der Waals surface area contributed by atoms with Crippen molar-refractivity contribution in [2.75, 3.05) is 7.11 Å². The van der Waals surface area contributed by atoms with E-state index >= 15 is 0 Å². The summed E-state index contributed by atoms with van der Waals surface area (Å²) in [5.74, 6) is 1.00. The Morgan fingerprint density at radius 1 is 1.18 bits per heavy atom. The van der Waals surface area contributed by atoms with Crippen molar-refractivity contribution in [3.8, 4) is 11.8 Å². The molecule has 1 aromatic heterocycles. The van der Waals surface area contributed by atoms with Crippen molar-refractivity contribution >= 4 is 27.5 Å². The minimum Gasteiger partial charge on any atom is -0.497 e. The molecule has 144 valence electrons. The zero-order valence-corrected chi connectivity index (χ0v) is 16.6. The second-order valence-corrected chi connectivity index (χ2v) is 7.01. The van der Waals surface area contributed by atoms with E-state index in [0.717, 1.165) is 31.2 Å². The van der Waals surface area contributed by atoms with Crippen LogP contribution in [0, 0.1) is 17.2 Å². The molecule has 4 nitrogen and oxygen atoms in total. The first kappa shape index (κ1) is 19.7. The first-order valence-electron chi connectivity index (χ1n) is 9.78. The number of hydrogen-bond acceptors (Lipinski definition) is 4. The Morgan fingerprint density at radius 2 is 2.00 bits per heavy atom. The monoisotopic (exact) mass is 375 g/mol. The molecule has 28 heavy (non-hydrogen) atoms. The van der Waals surface area contributed by atoms with Crippen molar-refractivity contribution in [2.24, 2.45) is 5.92 Å². The molecule has 0 aliphatic carbocycles. The van der Waals surface area contributed by atoms with Crippen LogP contribution >= 0.6 is 0 Å². The Bertz CT molecular complexity index is 1120. The van der Waals surface area contributed by atoms with Crippen LogP contribution in [0.5, 0.6) is 5.75 Å². The Morgan fingerprint density at radius 3 is 2.68 bits per heavy atom. The SMILES string of the molecule is CCCCC(/C=C(\C#N)c1ccc2oc3cc(OC)ccc3c(=O)c2c1)CC. The van der Waals surface area contributed by atoms with Crippen LogP contribution < -0.4 is 10.2 Å². The predicted octanol–water partition coefficient (Wildman–Crippen LogP) is 6.08. The number of fused-ring (bicyclic) bond motifs is 2. The van der Waals surface area contributed by atoms with Crippen LogP contribution in [-0.4, -0.2) is 7.11 Å². The Kier molecular flexibility index (Phi) is 6.16. The fourth-order valence-corrected chi connectivity index (χ4v) is 3.43. The third kappa shape index (κ3) is 3.94. The van der Waals surface area contributed by atoms with Gasteiger partial charge in [-0.25, -0.2) is 0 Å². The summed E-state index contributed by atoms with van der Waals surface area (Å²) >= 11 is 0. The summed E-state index contributed by atoms with van der Waals surface area (Å²) in [4.78, 5) is 13.0. The maximum absolute atomic E-state index is 13.0. The molecule has 0 aliphatic rings. The van der Waals surface area contributed by atoms with Crippen molar-refractivity contribution in [3.05, 3.63) is 58.3 Å². The van der Waals surface area contributed by atoms with Crippen LogP contribution in [0.25, 0.3) is 27.5 Å². The molecule has 0 bridgehead atoms. The smallest absolute Gasteiger partial charge is 0.200 e. The van der Waals surface area contributed by atoms with Crippen LogP contribution in [0.3, 0.4) is 0 Å². The van der Waals surface area contributed by atoms with E-state index in [0.29, 0.717) is 39.2 Å². The van der Waals surface area contributed by atoms with E-state index in [-0.39, 0.29) is 5.43 Å². The van der Waals surface area contributed by atoms with Crippen LogP contribution in [0.2, 0.25) is 0 Å². The van der Waals surface area contributed by atoms with Crippen molar-refractivity contribution in [1.82, 2.24) is 0 Å². The second kappa shape index (κ2) is 8.75. The number of unbranched alkanes of at least 4 members (excludes halogenated alkanes) is 1. The lowest BCUT2D eigenvalue weighted by atomic mass is 9.94. The molecule has 1 atom stereocenters. The van der Waals surface area contributed by atoms with E-state index in [9.17, 15) is 10.1 Å². The summed E-state index contributed by atoms with van der Waals surface area (Å²) in [6.07, 6.45) is 6.39. The quantitative estimate of drug-likeness (QED) is 0.371. The normalized spacial score (nSPS) is 12.9. The standard InChI is InChI=1S/C24H25NO3/c1-4-6-7-16(5-2)12-18(15-25)17-8-11-22-21(13-17)24(26)20-10-9-19(27-3)14-23(20)28-22/h8-14,16H,4-7H2,1-3H3/b18-12+. The molecule has 0 aliphatic heterocycles. The Labute approximate surface area is 165 Å². The number of nitriles is 1. The second-order valence-electron chi connectivity index (χ2n) is 7.01. The fraction of sp³-hybridized carbons (Fsp3) is 0.333. The third-order valence-corrected chi connectivity index (χ3v) is 5.16. The lowest BCUT2D eigenvalue weighted by Gasteiger charge is -2.11. The fourth-order valence-electron chi connectivity index (χ4n) is 3.43. The highest BCUT2D eigenvalue weighted by molar-refractivity contribution is 5.92.